The van der Waals surface area contributed by atoms with E-state index in [-0.39, 0.29) is 12.4 Å². The van der Waals surface area contributed by atoms with Crippen LogP contribution in [0.25, 0.3) is 0 Å². The molecule has 120 valence electrons. The van der Waals surface area contributed by atoms with E-state index in [9.17, 15) is 13.2 Å². The Balaban J connectivity index is 0.00000220. The number of hydrogen-bond acceptors (Lipinski definition) is 2. The van der Waals surface area contributed by atoms with Crippen molar-refractivity contribution in [3.63, 3.8) is 0 Å². The highest BCUT2D eigenvalue weighted by Crippen LogP contribution is 2.23. The van der Waals surface area contributed by atoms with Gasteiger partial charge in [0.05, 0.1) is 13.2 Å². The molecule has 1 aromatic rings. The van der Waals surface area contributed by atoms with Crippen LogP contribution in [0.5, 0.6) is 5.75 Å². The molecule has 0 amide bonds. The molecule has 0 aromatic heterocycles. The van der Waals surface area contributed by atoms with Crippen LogP contribution in [0, 0.1) is 5.92 Å². The first-order valence-electron chi connectivity index (χ1n) is 6.60. The zero-order valence-electron chi connectivity index (χ0n) is 11.4. The number of piperidine rings is 1. The lowest BCUT2D eigenvalue weighted by molar-refractivity contribution is -0.148. The number of nitrogens with zero attached hydrogens (tertiary/aromatic N) is 1. The fourth-order valence-corrected chi connectivity index (χ4v) is 2.57. The number of alkyl halides is 3. The van der Waals surface area contributed by atoms with Crippen LogP contribution in [0.3, 0.4) is 0 Å². The first-order chi connectivity index (χ1) is 9.42. The zero-order chi connectivity index (χ0) is 14.6. The van der Waals surface area contributed by atoms with Gasteiger partial charge in [-0.1, -0.05) is 15.9 Å². The van der Waals surface area contributed by atoms with E-state index in [0.717, 1.165) is 23.1 Å². The van der Waals surface area contributed by atoms with E-state index in [1.165, 1.54) is 4.90 Å². The molecule has 1 aliphatic rings. The molecular formula is C14H18BrClF3NO. The van der Waals surface area contributed by atoms with Crippen LogP contribution in [-0.4, -0.2) is 37.3 Å². The molecule has 0 radical (unpaired) electrons. The number of likely N-dealkylation sites (tertiary alicyclic amines) is 1. The molecule has 1 fully saturated rings. The summed E-state index contributed by atoms with van der Waals surface area (Å²) in [5.41, 5.74) is 0. The standard InChI is InChI=1S/C14H17BrF3NO.ClH/c15-12-1-3-13(4-2-12)20-9-11-5-7-19(8-6-11)10-14(16,17)18;/h1-4,11H,5-10H2;1H. The number of hydrogen-bond donors (Lipinski definition) is 0. The van der Waals surface area contributed by atoms with Crippen LogP contribution in [-0.2, 0) is 0 Å². The predicted octanol–water partition coefficient (Wildman–Crippen LogP) is 4.52. The van der Waals surface area contributed by atoms with E-state index in [2.05, 4.69) is 15.9 Å². The van der Waals surface area contributed by atoms with Crippen molar-refractivity contribution in [2.75, 3.05) is 26.2 Å². The van der Waals surface area contributed by atoms with Gasteiger partial charge >= 0.3 is 6.18 Å². The van der Waals surface area contributed by atoms with Gasteiger partial charge in [0.15, 0.2) is 0 Å². The highest BCUT2D eigenvalue weighted by Gasteiger charge is 2.32. The Kier molecular flexibility index (Phi) is 7.30. The van der Waals surface area contributed by atoms with Crippen molar-refractivity contribution in [1.82, 2.24) is 4.90 Å². The minimum Gasteiger partial charge on any atom is -0.493 e. The van der Waals surface area contributed by atoms with Crippen molar-refractivity contribution < 1.29 is 17.9 Å². The van der Waals surface area contributed by atoms with Gasteiger partial charge < -0.3 is 4.74 Å². The largest absolute Gasteiger partial charge is 0.493 e. The second-order valence-electron chi connectivity index (χ2n) is 5.10. The number of ether oxygens (including phenoxy) is 1. The van der Waals surface area contributed by atoms with E-state index >= 15 is 0 Å². The monoisotopic (exact) mass is 387 g/mol. The first kappa shape index (κ1) is 18.6. The third-order valence-electron chi connectivity index (χ3n) is 3.41. The fourth-order valence-electron chi connectivity index (χ4n) is 2.31. The average Bonchev–Trinajstić information content (AvgIpc) is 2.38. The van der Waals surface area contributed by atoms with E-state index in [0.29, 0.717) is 25.6 Å². The fraction of sp³-hybridized carbons (Fsp3) is 0.571. The summed E-state index contributed by atoms with van der Waals surface area (Å²) < 4.78 is 43.5. The van der Waals surface area contributed by atoms with Gasteiger partial charge in [0.25, 0.3) is 0 Å². The molecule has 1 aromatic carbocycles. The minimum atomic E-state index is -4.10. The summed E-state index contributed by atoms with van der Waals surface area (Å²) in [7, 11) is 0. The van der Waals surface area contributed by atoms with Gasteiger partial charge in [0.2, 0.25) is 0 Å². The molecular weight excluding hydrogens is 371 g/mol. The second-order valence-corrected chi connectivity index (χ2v) is 6.02. The second kappa shape index (κ2) is 8.25. The Bertz CT molecular complexity index is 419. The van der Waals surface area contributed by atoms with E-state index in [1.807, 2.05) is 24.3 Å². The third kappa shape index (κ3) is 6.89. The maximum atomic E-state index is 12.3. The lowest BCUT2D eigenvalue weighted by atomic mass is 9.98. The molecule has 2 nitrogen and oxygen atoms in total. The van der Waals surface area contributed by atoms with E-state index in [1.54, 1.807) is 0 Å². The molecule has 0 saturated carbocycles. The summed E-state index contributed by atoms with van der Waals surface area (Å²) in [4.78, 5) is 1.47. The summed E-state index contributed by atoms with van der Waals surface area (Å²) in [6.45, 7) is 0.760. The maximum Gasteiger partial charge on any atom is 0.401 e. The van der Waals surface area contributed by atoms with Crippen LogP contribution in [0.15, 0.2) is 28.7 Å². The molecule has 2 rings (SSSR count). The summed E-state index contributed by atoms with van der Waals surface area (Å²) in [5.74, 6) is 1.13. The minimum absolute atomic E-state index is 0. The smallest absolute Gasteiger partial charge is 0.401 e. The zero-order valence-corrected chi connectivity index (χ0v) is 13.8. The molecule has 0 bridgehead atoms. The van der Waals surface area contributed by atoms with Gasteiger partial charge in [0, 0.05) is 4.47 Å². The van der Waals surface area contributed by atoms with Crippen molar-refractivity contribution in [3.05, 3.63) is 28.7 Å². The van der Waals surface area contributed by atoms with Crippen LogP contribution in [0.4, 0.5) is 13.2 Å². The first-order valence-corrected chi connectivity index (χ1v) is 7.39. The lowest BCUT2D eigenvalue weighted by Crippen LogP contribution is -2.41. The van der Waals surface area contributed by atoms with Crippen molar-refractivity contribution >= 4 is 28.3 Å². The molecule has 0 unspecified atom stereocenters. The van der Waals surface area contributed by atoms with Crippen molar-refractivity contribution in [3.8, 4) is 5.75 Å². The topological polar surface area (TPSA) is 12.5 Å². The van der Waals surface area contributed by atoms with Crippen LogP contribution in [0.2, 0.25) is 0 Å². The number of halogens is 5. The molecule has 1 aliphatic heterocycles. The molecule has 0 N–H and O–H groups in total. The van der Waals surface area contributed by atoms with Crippen molar-refractivity contribution in [1.29, 1.82) is 0 Å². The van der Waals surface area contributed by atoms with Crippen LogP contribution in [0.1, 0.15) is 12.8 Å². The maximum absolute atomic E-state index is 12.3. The molecule has 21 heavy (non-hydrogen) atoms. The van der Waals surface area contributed by atoms with Gasteiger partial charge in [-0.05, 0) is 56.1 Å². The predicted molar refractivity (Wildman–Crippen MR) is 82.1 cm³/mol. The molecule has 7 heteroatoms. The van der Waals surface area contributed by atoms with Gasteiger partial charge in [0.1, 0.15) is 5.75 Å². The Morgan fingerprint density at radius 1 is 1.14 bits per heavy atom. The van der Waals surface area contributed by atoms with Gasteiger partial charge in [-0.15, -0.1) is 12.4 Å². The molecule has 1 heterocycles. The highest BCUT2D eigenvalue weighted by molar-refractivity contribution is 9.10. The molecule has 1 saturated heterocycles. The lowest BCUT2D eigenvalue weighted by Gasteiger charge is -2.32. The average molecular weight is 389 g/mol. The normalized spacial score (nSPS) is 17.3. The Morgan fingerprint density at radius 3 is 2.24 bits per heavy atom. The SMILES string of the molecule is Cl.FC(F)(F)CN1CCC(COc2ccc(Br)cc2)CC1. The summed E-state index contributed by atoms with van der Waals surface area (Å²) in [5, 5.41) is 0. The Morgan fingerprint density at radius 2 is 1.71 bits per heavy atom. The van der Waals surface area contributed by atoms with Crippen LogP contribution < -0.4 is 4.74 Å². The van der Waals surface area contributed by atoms with E-state index < -0.39 is 12.7 Å². The van der Waals surface area contributed by atoms with Gasteiger partial charge in [-0.25, -0.2) is 0 Å². The van der Waals surface area contributed by atoms with Crippen molar-refractivity contribution in [2.45, 2.75) is 19.0 Å². The summed E-state index contributed by atoms with van der Waals surface area (Å²) in [6, 6.07) is 7.56. The highest BCUT2D eigenvalue weighted by atomic mass is 79.9. The Hall–Kier alpha value is -0.460. The number of rotatable bonds is 4. The van der Waals surface area contributed by atoms with Gasteiger partial charge in [-0.2, -0.15) is 13.2 Å². The molecule has 0 atom stereocenters. The number of benzene rings is 1. The van der Waals surface area contributed by atoms with Crippen LogP contribution >= 0.6 is 28.3 Å². The third-order valence-corrected chi connectivity index (χ3v) is 3.94. The van der Waals surface area contributed by atoms with E-state index in [4.69, 9.17) is 4.74 Å². The molecule has 0 aliphatic carbocycles. The Labute approximate surface area is 137 Å². The summed E-state index contributed by atoms with van der Waals surface area (Å²) in [6.07, 6.45) is -2.58. The van der Waals surface area contributed by atoms with Crippen molar-refractivity contribution in [2.24, 2.45) is 5.92 Å². The molecule has 0 spiro atoms. The van der Waals surface area contributed by atoms with Gasteiger partial charge in [-0.3, -0.25) is 4.90 Å². The summed E-state index contributed by atoms with van der Waals surface area (Å²) >= 11 is 3.35. The quantitative estimate of drug-likeness (QED) is 0.752.